The Balaban J connectivity index is 1.83. The molecule has 0 amide bonds. The molecule has 1 atom stereocenters. The monoisotopic (exact) mass is 398 g/mol. The van der Waals surface area contributed by atoms with Crippen LogP contribution in [0.2, 0.25) is 0 Å². The van der Waals surface area contributed by atoms with E-state index in [1.807, 2.05) is 12.1 Å². The van der Waals surface area contributed by atoms with E-state index in [4.69, 9.17) is 9.98 Å². The maximum atomic E-state index is 13.2. The van der Waals surface area contributed by atoms with Crippen molar-refractivity contribution in [3.8, 4) is 0 Å². The highest BCUT2D eigenvalue weighted by atomic mass is 32.2. The van der Waals surface area contributed by atoms with Crippen molar-refractivity contribution in [1.82, 2.24) is 9.55 Å². The van der Waals surface area contributed by atoms with E-state index >= 15 is 0 Å². The van der Waals surface area contributed by atoms with Crippen LogP contribution in [0.3, 0.4) is 0 Å². The fourth-order valence-corrected chi connectivity index (χ4v) is 4.38. The second kappa shape index (κ2) is 9.24. The number of rotatable bonds is 8. The standard InChI is InChI=1S/C22H27FN4S/c1-5-8-13-27-20(7-3)24-18(6-2)22(27)26(4)14-21-25-19(15-28-21)16-9-11-17(23)12-10-16/h7-13,19H,3,5-6,14-15H2,1-2,4H3/b13-8-. The Kier molecular flexibility index (Phi) is 6.73. The van der Waals surface area contributed by atoms with Crippen LogP contribution in [-0.4, -0.2) is 33.9 Å². The SMILES string of the molecule is C=Cc1nc(CC)c(N(C)CC2=NC(c3ccc(F)cc3)CS2)n1/C=C\CC. The summed E-state index contributed by atoms with van der Waals surface area (Å²) in [6, 6.07) is 6.75. The van der Waals surface area contributed by atoms with Gasteiger partial charge in [0.15, 0.2) is 0 Å². The molecule has 0 bridgehead atoms. The molecule has 6 heteroatoms. The molecule has 0 fully saturated rings. The summed E-state index contributed by atoms with van der Waals surface area (Å²) in [7, 11) is 2.08. The van der Waals surface area contributed by atoms with Crippen LogP contribution in [0, 0.1) is 5.82 Å². The van der Waals surface area contributed by atoms with E-state index in [-0.39, 0.29) is 11.9 Å². The summed E-state index contributed by atoms with van der Waals surface area (Å²) >= 11 is 1.77. The zero-order valence-electron chi connectivity index (χ0n) is 16.7. The second-order valence-corrected chi connectivity index (χ2v) is 7.81. The van der Waals surface area contributed by atoms with Gasteiger partial charge in [-0.3, -0.25) is 9.56 Å². The number of aliphatic imine (C=N–C) groups is 1. The number of imidazole rings is 1. The van der Waals surface area contributed by atoms with Crippen LogP contribution in [-0.2, 0) is 6.42 Å². The van der Waals surface area contributed by atoms with Gasteiger partial charge < -0.3 is 4.90 Å². The Bertz CT molecular complexity index is 883. The lowest BCUT2D eigenvalue weighted by Crippen LogP contribution is -2.26. The van der Waals surface area contributed by atoms with E-state index in [0.717, 1.165) is 53.1 Å². The third-order valence-corrected chi connectivity index (χ3v) is 5.74. The minimum atomic E-state index is -0.211. The van der Waals surface area contributed by atoms with Crippen LogP contribution in [0.1, 0.15) is 43.4 Å². The van der Waals surface area contributed by atoms with Crippen LogP contribution < -0.4 is 4.90 Å². The topological polar surface area (TPSA) is 33.4 Å². The van der Waals surface area contributed by atoms with Gasteiger partial charge >= 0.3 is 0 Å². The van der Waals surface area contributed by atoms with Gasteiger partial charge in [0.2, 0.25) is 0 Å². The number of benzene rings is 1. The zero-order valence-corrected chi connectivity index (χ0v) is 17.5. The van der Waals surface area contributed by atoms with E-state index in [1.54, 1.807) is 17.8 Å². The number of anilines is 1. The van der Waals surface area contributed by atoms with Gasteiger partial charge in [0.25, 0.3) is 0 Å². The minimum Gasteiger partial charge on any atom is -0.353 e. The largest absolute Gasteiger partial charge is 0.353 e. The van der Waals surface area contributed by atoms with Gasteiger partial charge in [-0.2, -0.15) is 0 Å². The van der Waals surface area contributed by atoms with Crippen molar-refractivity contribution in [2.24, 2.45) is 4.99 Å². The third-order valence-electron chi connectivity index (χ3n) is 4.69. The number of allylic oxidation sites excluding steroid dienone is 1. The summed E-state index contributed by atoms with van der Waals surface area (Å²) in [6.07, 6.45) is 7.80. The summed E-state index contributed by atoms with van der Waals surface area (Å²) in [5.74, 6) is 2.61. The lowest BCUT2D eigenvalue weighted by atomic mass is 10.1. The lowest BCUT2D eigenvalue weighted by Gasteiger charge is -2.21. The van der Waals surface area contributed by atoms with Crippen molar-refractivity contribution in [3.05, 3.63) is 59.8 Å². The minimum absolute atomic E-state index is 0.0910. The van der Waals surface area contributed by atoms with Gasteiger partial charge in [-0.15, -0.1) is 11.8 Å². The van der Waals surface area contributed by atoms with Crippen molar-refractivity contribution in [1.29, 1.82) is 0 Å². The van der Waals surface area contributed by atoms with Gasteiger partial charge in [0.05, 0.1) is 23.3 Å². The van der Waals surface area contributed by atoms with Gasteiger partial charge in [-0.05, 0) is 36.6 Å². The van der Waals surface area contributed by atoms with Crippen molar-refractivity contribution < 1.29 is 4.39 Å². The fourth-order valence-electron chi connectivity index (χ4n) is 3.28. The number of hydrogen-bond acceptors (Lipinski definition) is 4. The van der Waals surface area contributed by atoms with Crippen LogP contribution in [0.5, 0.6) is 0 Å². The van der Waals surface area contributed by atoms with Crippen molar-refractivity contribution >= 4 is 34.9 Å². The predicted molar refractivity (Wildman–Crippen MR) is 120 cm³/mol. The Morgan fingerprint density at radius 3 is 2.71 bits per heavy atom. The summed E-state index contributed by atoms with van der Waals surface area (Å²) < 4.78 is 15.3. The molecule has 28 heavy (non-hydrogen) atoms. The Hall–Kier alpha value is -2.34. The molecule has 2 heterocycles. The summed E-state index contributed by atoms with van der Waals surface area (Å²) in [5, 5.41) is 1.09. The average molecular weight is 399 g/mol. The summed E-state index contributed by atoms with van der Waals surface area (Å²) in [5.41, 5.74) is 2.11. The maximum absolute atomic E-state index is 13.2. The molecule has 1 aliphatic rings. The molecule has 0 aliphatic carbocycles. The van der Waals surface area contributed by atoms with Crippen molar-refractivity contribution in [2.75, 3.05) is 24.2 Å². The van der Waals surface area contributed by atoms with Crippen LogP contribution >= 0.6 is 11.8 Å². The molecule has 4 nitrogen and oxygen atoms in total. The third kappa shape index (κ3) is 4.38. The van der Waals surface area contributed by atoms with E-state index in [9.17, 15) is 4.39 Å². The molecular weight excluding hydrogens is 371 g/mol. The molecule has 148 valence electrons. The van der Waals surface area contributed by atoms with E-state index in [2.05, 4.69) is 49.2 Å². The van der Waals surface area contributed by atoms with Crippen LogP contribution in [0.4, 0.5) is 10.2 Å². The van der Waals surface area contributed by atoms with Gasteiger partial charge in [0, 0.05) is 19.0 Å². The molecule has 1 aromatic heterocycles. The molecule has 1 aliphatic heterocycles. The zero-order chi connectivity index (χ0) is 20.1. The predicted octanol–water partition coefficient (Wildman–Crippen LogP) is 5.43. The molecular formula is C22H27FN4S. The highest BCUT2D eigenvalue weighted by Gasteiger charge is 2.23. The lowest BCUT2D eigenvalue weighted by molar-refractivity contribution is 0.626. The van der Waals surface area contributed by atoms with E-state index in [0.29, 0.717) is 0 Å². The number of hydrogen-bond donors (Lipinski definition) is 0. The molecule has 0 saturated heterocycles. The number of aromatic nitrogens is 2. The number of halogens is 1. The molecule has 0 saturated carbocycles. The normalized spacial score (nSPS) is 16.6. The van der Waals surface area contributed by atoms with Gasteiger partial charge in [-0.1, -0.05) is 38.6 Å². The summed E-state index contributed by atoms with van der Waals surface area (Å²) in [6.45, 7) is 8.86. The molecule has 0 spiro atoms. The molecule has 2 aromatic rings. The van der Waals surface area contributed by atoms with Crippen LogP contribution in [0.25, 0.3) is 12.3 Å². The highest BCUT2D eigenvalue weighted by Crippen LogP contribution is 2.32. The number of nitrogens with zero attached hydrogens (tertiary/aromatic N) is 4. The molecule has 0 radical (unpaired) electrons. The first-order chi connectivity index (χ1) is 13.6. The first-order valence-electron chi connectivity index (χ1n) is 9.63. The highest BCUT2D eigenvalue weighted by molar-refractivity contribution is 8.14. The maximum Gasteiger partial charge on any atom is 0.138 e. The van der Waals surface area contributed by atoms with E-state index < -0.39 is 0 Å². The number of aryl methyl sites for hydroxylation is 1. The molecule has 0 N–H and O–H groups in total. The van der Waals surface area contributed by atoms with Gasteiger partial charge in [0.1, 0.15) is 17.5 Å². The molecule has 3 rings (SSSR count). The number of thioether (sulfide) groups is 1. The molecule has 1 unspecified atom stereocenters. The Morgan fingerprint density at radius 2 is 2.07 bits per heavy atom. The second-order valence-electron chi connectivity index (χ2n) is 6.72. The first kappa shape index (κ1) is 20.4. The smallest absolute Gasteiger partial charge is 0.138 e. The Labute approximate surface area is 170 Å². The van der Waals surface area contributed by atoms with E-state index in [1.165, 1.54) is 12.1 Å². The summed E-state index contributed by atoms with van der Waals surface area (Å²) in [4.78, 5) is 11.8. The Morgan fingerprint density at radius 1 is 1.32 bits per heavy atom. The molecule has 1 aromatic carbocycles. The van der Waals surface area contributed by atoms with Crippen LogP contribution in [0.15, 0.2) is 41.9 Å². The average Bonchev–Trinajstić information content (AvgIpc) is 3.30. The first-order valence-corrected chi connectivity index (χ1v) is 10.6. The quantitative estimate of drug-likeness (QED) is 0.594. The van der Waals surface area contributed by atoms with Crippen molar-refractivity contribution in [3.63, 3.8) is 0 Å². The van der Waals surface area contributed by atoms with Gasteiger partial charge in [-0.25, -0.2) is 9.37 Å². The van der Waals surface area contributed by atoms with Crippen molar-refractivity contribution in [2.45, 2.75) is 32.7 Å². The fraction of sp³-hybridized carbons (Fsp3) is 0.364.